The van der Waals surface area contributed by atoms with Crippen LogP contribution in [0.15, 0.2) is 97.2 Å². The van der Waals surface area contributed by atoms with Crippen molar-refractivity contribution in [2.75, 3.05) is 0 Å². The number of fused-ring (bicyclic) bond motifs is 4. The van der Waals surface area contributed by atoms with Gasteiger partial charge in [0.2, 0.25) is 0 Å². The van der Waals surface area contributed by atoms with Crippen molar-refractivity contribution in [2.45, 2.75) is 33.1 Å². The fourth-order valence-corrected chi connectivity index (χ4v) is 5.32. The second-order valence-electron chi connectivity index (χ2n) is 11.1. The maximum atomic E-state index is 6.35. The van der Waals surface area contributed by atoms with Crippen molar-refractivity contribution in [3.63, 3.8) is 0 Å². The summed E-state index contributed by atoms with van der Waals surface area (Å²) in [7, 11) is 0. The van der Waals surface area contributed by atoms with Crippen LogP contribution < -0.4 is 4.74 Å². The summed E-state index contributed by atoms with van der Waals surface area (Å²) in [6.07, 6.45) is 1.89. The Morgan fingerprint density at radius 2 is 1.46 bits per heavy atom. The van der Waals surface area contributed by atoms with Crippen molar-refractivity contribution >= 4 is 32.7 Å². The fraction of sp³-hybridized carbons (Fsp3) is 0.143. The van der Waals surface area contributed by atoms with Gasteiger partial charge in [-0.1, -0.05) is 62.7 Å². The summed E-state index contributed by atoms with van der Waals surface area (Å²) >= 11 is 0. The van der Waals surface area contributed by atoms with Gasteiger partial charge in [0.25, 0.3) is 0 Å². The van der Waals surface area contributed by atoms with Crippen LogP contribution >= 0.6 is 0 Å². The van der Waals surface area contributed by atoms with Crippen LogP contribution in [0.25, 0.3) is 44.2 Å². The summed E-state index contributed by atoms with van der Waals surface area (Å²) in [4.78, 5) is 4.77. The zero-order chi connectivity index (χ0) is 27.4. The first-order valence-corrected chi connectivity index (χ1v) is 13.4. The maximum Gasteiger partial charge on any atom is 2.00 e. The van der Waals surface area contributed by atoms with Crippen LogP contribution in [0, 0.1) is 19.1 Å². The zero-order valence-electron chi connectivity index (χ0n) is 23.3. The summed E-state index contributed by atoms with van der Waals surface area (Å²) in [6.45, 7) is 8.67. The molecule has 41 heavy (non-hydrogen) atoms. The topological polar surface area (TPSA) is 44.9 Å². The molecule has 0 spiro atoms. The first-order valence-electron chi connectivity index (χ1n) is 13.4. The standard InChI is InChI=1S/C35H28N4O.Pt/c1-23-28-12-5-8-15-32(28)39(37-23)25-10-9-11-26(21-25)40-27-16-17-30-29-13-6-7-14-31(29)38(33(30)22-27)34-20-24(18-19-36-34)35(2,3)4;/h5-20H,1-4H3;/q-2;+2. The van der Waals surface area contributed by atoms with E-state index < -0.39 is 0 Å². The van der Waals surface area contributed by atoms with Crippen LogP contribution in [0.3, 0.4) is 0 Å². The molecular weight excluding hydrogens is 687 g/mol. The molecule has 0 radical (unpaired) electrons. The molecule has 0 saturated heterocycles. The molecular formula is C35H28N4OPt. The number of hydrogen-bond donors (Lipinski definition) is 0. The molecule has 0 bridgehead atoms. The minimum absolute atomic E-state index is 0. The molecule has 0 aliphatic heterocycles. The summed E-state index contributed by atoms with van der Waals surface area (Å²) in [5, 5.41) is 8.13. The van der Waals surface area contributed by atoms with E-state index in [2.05, 4.69) is 92.1 Å². The van der Waals surface area contributed by atoms with Crippen molar-refractivity contribution in [2.24, 2.45) is 0 Å². The maximum absolute atomic E-state index is 6.35. The number of pyridine rings is 1. The molecule has 0 amide bonds. The van der Waals surface area contributed by atoms with E-state index in [0.29, 0.717) is 11.5 Å². The second kappa shape index (κ2) is 10.3. The minimum Gasteiger partial charge on any atom is -0.509 e. The molecule has 5 nitrogen and oxygen atoms in total. The average molecular weight is 716 g/mol. The summed E-state index contributed by atoms with van der Waals surface area (Å²) in [6, 6.07) is 37.7. The van der Waals surface area contributed by atoms with E-state index in [-0.39, 0.29) is 26.5 Å². The molecule has 0 fully saturated rings. The quantitative estimate of drug-likeness (QED) is 0.172. The van der Waals surface area contributed by atoms with Crippen LogP contribution in [0.5, 0.6) is 11.5 Å². The Balaban J connectivity index is 0.00000302. The van der Waals surface area contributed by atoms with E-state index in [9.17, 15) is 0 Å². The van der Waals surface area contributed by atoms with Gasteiger partial charge in [0.1, 0.15) is 5.82 Å². The summed E-state index contributed by atoms with van der Waals surface area (Å²) in [5.74, 6) is 2.07. The van der Waals surface area contributed by atoms with Crippen molar-refractivity contribution in [1.29, 1.82) is 0 Å². The number of aryl methyl sites for hydroxylation is 1. The van der Waals surface area contributed by atoms with Crippen LogP contribution in [0.2, 0.25) is 0 Å². The molecule has 0 N–H and O–H groups in total. The van der Waals surface area contributed by atoms with Crippen molar-refractivity contribution in [1.82, 2.24) is 19.3 Å². The first kappa shape index (κ1) is 27.0. The molecule has 0 aliphatic carbocycles. The van der Waals surface area contributed by atoms with E-state index in [1.807, 2.05) is 54.2 Å². The number of aromatic nitrogens is 4. The number of nitrogens with zero attached hydrogens (tertiary/aromatic N) is 4. The van der Waals surface area contributed by atoms with Crippen LogP contribution in [-0.2, 0) is 26.5 Å². The minimum atomic E-state index is 0. The SMILES string of the molecule is Cc1nn(-c2[c-]c(Oc3[c-]c4c(cc3)c3ccccc3n4-c3cc(C(C)(C)C)ccn3)ccc2)c2ccccc12.[Pt+2]. The predicted molar refractivity (Wildman–Crippen MR) is 161 cm³/mol. The van der Waals surface area contributed by atoms with Gasteiger partial charge in [0.15, 0.2) is 0 Å². The van der Waals surface area contributed by atoms with E-state index in [1.54, 1.807) is 0 Å². The van der Waals surface area contributed by atoms with E-state index in [1.165, 1.54) is 5.56 Å². The van der Waals surface area contributed by atoms with Gasteiger partial charge in [-0.2, -0.15) is 17.2 Å². The van der Waals surface area contributed by atoms with Crippen LogP contribution in [-0.4, -0.2) is 19.3 Å². The fourth-order valence-electron chi connectivity index (χ4n) is 5.32. The van der Waals surface area contributed by atoms with Crippen molar-refractivity contribution in [3.05, 3.63) is 121 Å². The normalized spacial score (nSPS) is 11.7. The molecule has 0 atom stereocenters. The zero-order valence-corrected chi connectivity index (χ0v) is 25.5. The third-order valence-corrected chi connectivity index (χ3v) is 7.37. The Kier molecular flexibility index (Phi) is 6.79. The van der Waals surface area contributed by atoms with E-state index >= 15 is 0 Å². The predicted octanol–water partition coefficient (Wildman–Crippen LogP) is 8.51. The van der Waals surface area contributed by atoms with Gasteiger partial charge in [-0.3, -0.25) is 4.68 Å². The summed E-state index contributed by atoms with van der Waals surface area (Å²) in [5.41, 5.74) is 6.07. The Bertz CT molecular complexity index is 2050. The van der Waals surface area contributed by atoms with Crippen molar-refractivity contribution in [3.8, 4) is 23.0 Å². The number of hydrogen-bond acceptors (Lipinski definition) is 3. The van der Waals surface area contributed by atoms with Crippen LogP contribution in [0.1, 0.15) is 32.0 Å². The monoisotopic (exact) mass is 715 g/mol. The van der Waals surface area contributed by atoms with Gasteiger partial charge in [0, 0.05) is 28.6 Å². The van der Waals surface area contributed by atoms with Crippen LogP contribution in [0.4, 0.5) is 0 Å². The van der Waals surface area contributed by atoms with Gasteiger partial charge < -0.3 is 9.30 Å². The number of ether oxygens (including phenoxy) is 1. The molecule has 0 saturated carbocycles. The van der Waals surface area contributed by atoms with E-state index in [0.717, 1.165) is 49.9 Å². The number of benzene rings is 4. The third-order valence-electron chi connectivity index (χ3n) is 7.37. The van der Waals surface area contributed by atoms with Gasteiger partial charge >= 0.3 is 21.1 Å². The molecule has 0 aliphatic rings. The molecule has 0 unspecified atom stereocenters. The number of para-hydroxylation sites is 2. The molecule has 6 heteroatoms. The molecule has 4 aromatic carbocycles. The Morgan fingerprint density at radius 3 is 2.27 bits per heavy atom. The van der Waals surface area contributed by atoms with Gasteiger partial charge in [0.05, 0.1) is 11.2 Å². The molecule has 204 valence electrons. The second-order valence-corrected chi connectivity index (χ2v) is 11.1. The molecule has 7 aromatic rings. The van der Waals surface area contributed by atoms with Gasteiger partial charge in [-0.15, -0.1) is 35.7 Å². The Hall–Kier alpha value is -4.21. The summed E-state index contributed by atoms with van der Waals surface area (Å²) < 4.78 is 10.4. The molecule has 7 rings (SSSR count). The Labute approximate surface area is 253 Å². The van der Waals surface area contributed by atoms with Gasteiger partial charge in [-0.05, 0) is 53.2 Å². The van der Waals surface area contributed by atoms with Crippen molar-refractivity contribution < 1.29 is 25.8 Å². The van der Waals surface area contributed by atoms with E-state index in [4.69, 9.17) is 14.8 Å². The molecule has 3 heterocycles. The van der Waals surface area contributed by atoms with Gasteiger partial charge in [-0.25, -0.2) is 4.98 Å². The average Bonchev–Trinajstić information content (AvgIpc) is 3.47. The Morgan fingerprint density at radius 1 is 0.732 bits per heavy atom. The third kappa shape index (κ3) is 4.75. The molecule has 3 aromatic heterocycles. The first-order chi connectivity index (χ1) is 19.4. The number of rotatable bonds is 4. The largest absolute Gasteiger partial charge is 2.00 e. The smallest absolute Gasteiger partial charge is 0.509 e.